The molecule has 0 atom stereocenters. The maximum Gasteiger partial charge on any atom is 0.340 e. The van der Waals surface area contributed by atoms with E-state index in [2.05, 4.69) is 4.72 Å². The second-order valence-corrected chi connectivity index (χ2v) is 10.9. The van der Waals surface area contributed by atoms with Crippen molar-refractivity contribution < 1.29 is 17.9 Å². The van der Waals surface area contributed by atoms with Gasteiger partial charge in [0.05, 0.1) is 27.0 Å². The van der Waals surface area contributed by atoms with Gasteiger partial charge in [-0.15, -0.1) is 0 Å². The Morgan fingerprint density at radius 3 is 2.35 bits per heavy atom. The average Bonchev–Trinajstić information content (AvgIpc) is 3.05. The number of nitrogens with zero attached hydrogens (tertiary/aromatic N) is 2. The zero-order valence-electron chi connectivity index (χ0n) is 19.5. The molecule has 1 heterocycles. The third kappa shape index (κ3) is 5.55. The zero-order chi connectivity index (χ0) is 26.9. The van der Waals surface area contributed by atoms with E-state index in [1.807, 2.05) is 0 Å². The van der Waals surface area contributed by atoms with Crippen molar-refractivity contribution in [1.29, 1.82) is 0 Å². The number of benzene rings is 3. The minimum Gasteiger partial charge on any atom is -0.457 e. The second kappa shape index (κ2) is 10.6. The highest BCUT2D eigenvalue weighted by Gasteiger charge is 2.27. The molecule has 8 nitrogen and oxygen atoms in total. The molecule has 37 heavy (non-hydrogen) atoms. The van der Waals surface area contributed by atoms with Crippen LogP contribution in [0, 0.1) is 6.92 Å². The van der Waals surface area contributed by atoms with Gasteiger partial charge >= 0.3 is 5.97 Å². The van der Waals surface area contributed by atoms with Crippen molar-refractivity contribution >= 4 is 56.5 Å². The predicted molar refractivity (Wildman–Crippen MR) is 144 cm³/mol. The molecule has 0 aliphatic heterocycles. The number of halogens is 3. The molecule has 0 unspecified atom stereocenters. The molecule has 0 aliphatic rings. The molecule has 1 N–H and O–H groups in total. The fourth-order valence-corrected chi connectivity index (χ4v) is 5.80. The van der Waals surface area contributed by atoms with E-state index < -0.39 is 26.4 Å². The van der Waals surface area contributed by atoms with Crippen LogP contribution < -0.4 is 10.3 Å². The number of hydrogen-bond donors (Lipinski definition) is 1. The molecule has 192 valence electrons. The van der Waals surface area contributed by atoms with Crippen molar-refractivity contribution in [2.75, 3.05) is 4.72 Å². The summed E-state index contributed by atoms with van der Waals surface area (Å²) in [5, 5.41) is 0.142. The van der Waals surface area contributed by atoms with Gasteiger partial charge in [0.1, 0.15) is 17.2 Å². The van der Waals surface area contributed by atoms with E-state index in [1.54, 1.807) is 68.6 Å². The molecule has 0 spiro atoms. The lowest BCUT2D eigenvalue weighted by Gasteiger charge is -2.12. The normalized spacial score (nSPS) is 11.4. The Hall–Kier alpha value is -3.24. The number of hydrogen-bond acceptors (Lipinski definition) is 5. The van der Waals surface area contributed by atoms with Crippen molar-refractivity contribution in [3.8, 4) is 5.69 Å². The van der Waals surface area contributed by atoms with Crippen LogP contribution >= 0.6 is 34.8 Å². The highest BCUT2D eigenvalue weighted by molar-refractivity contribution is 7.92. The Morgan fingerprint density at radius 2 is 1.68 bits per heavy atom. The van der Waals surface area contributed by atoms with E-state index in [4.69, 9.17) is 39.5 Å². The first-order valence-corrected chi connectivity index (χ1v) is 13.4. The van der Waals surface area contributed by atoms with E-state index in [0.29, 0.717) is 22.0 Å². The largest absolute Gasteiger partial charge is 0.457 e. The van der Waals surface area contributed by atoms with Crippen molar-refractivity contribution in [2.45, 2.75) is 18.4 Å². The van der Waals surface area contributed by atoms with Gasteiger partial charge in [-0.05, 0) is 48.9 Å². The summed E-state index contributed by atoms with van der Waals surface area (Å²) >= 11 is 18.3. The van der Waals surface area contributed by atoms with Gasteiger partial charge in [0.15, 0.2) is 0 Å². The Kier molecular flexibility index (Phi) is 7.70. The maximum absolute atomic E-state index is 13.3. The summed E-state index contributed by atoms with van der Waals surface area (Å²) in [6, 6.07) is 17.6. The Morgan fingerprint density at radius 1 is 0.973 bits per heavy atom. The van der Waals surface area contributed by atoms with Crippen LogP contribution in [0.3, 0.4) is 0 Å². The number of para-hydroxylation sites is 1. The van der Waals surface area contributed by atoms with Crippen molar-refractivity contribution in [1.82, 2.24) is 9.36 Å². The molecule has 4 rings (SSSR count). The summed E-state index contributed by atoms with van der Waals surface area (Å²) in [6.45, 7) is 1.49. The van der Waals surface area contributed by atoms with E-state index >= 15 is 0 Å². The predicted octanol–water partition coefficient (Wildman–Crippen LogP) is 5.60. The van der Waals surface area contributed by atoms with Crippen LogP contribution in [-0.4, -0.2) is 23.8 Å². The van der Waals surface area contributed by atoms with Gasteiger partial charge in [-0.25, -0.2) is 17.9 Å². The number of carbonyl (C=O) groups excluding carboxylic acids is 1. The van der Waals surface area contributed by atoms with Crippen LogP contribution in [0.15, 0.2) is 76.4 Å². The molecule has 0 radical (unpaired) electrons. The van der Waals surface area contributed by atoms with Gasteiger partial charge in [-0.3, -0.25) is 14.2 Å². The van der Waals surface area contributed by atoms with Crippen LogP contribution in [0.4, 0.5) is 5.69 Å². The van der Waals surface area contributed by atoms with E-state index in [9.17, 15) is 18.0 Å². The van der Waals surface area contributed by atoms with Gasteiger partial charge in [0, 0.05) is 12.1 Å². The highest BCUT2D eigenvalue weighted by atomic mass is 35.5. The number of ether oxygens (including phenoxy) is 1. The summed E-state index contributed by atoms with van der Waals surface area (Å²) in [6.07, 6.45) is 0. The molecule has 0 saturated heterocycles. The molecule has 12 heteroatoms. The number of sulfonamides is 1. The van der Waals surface area contributed by atoms with Gasteiger partial charge < -0.3 is 4.74 Å². The Bertz CT molecular complexity index is 1670. The second-order valence-electron chi connectivity index (χ2n) is 8.01. The lowest BCUT2D eigenvalue weighted by Crippen LogP contribution is -2.23. The number of carbonyl (C=O) groups is 1. The molecule has 0 fully saturated rings. The minimum absolute atomic E-state index is 0.0950. The van der Waals surface area contributed by atoms with Gasteiger partial charge in [-0.1, -0.05) is 65.1 Å². The summed E-state index contributed by atoms with van der Waals surface area (Å²) in [5.41, 5.74) is 0.597. The van der Waals surface area contributed by atoms with Crippen LogP contribution in [0.2, 0.25) is 15.1 Å². The van der Waals surface area contributed by atoms with Gasteiger partial charge in [-0.2, -0.15) is 0 Å². The summed E-state index contributed by atoms with van der Waals surface area (Å²) < 4.78 is 37.1. The molecular formula is C25H20Cl3N3O5S. The third-order valence-corrected chi connectivity index (χ3v) is 7.94. The Balaban J connectivity index is 1.66. The highest BCUT2D eigenvalue weighted by Crippen LogP contribution is 2.31. The molecule has 0 aliphatic carbocycles. The van der Waals surface area contributed by atoms with Gasteiger partial charge in [0.2, 0.25) is 0 Å². The zero-order valence-corrected chi connectivity index (χ0v) is 22.6. The topological polar surface area (TPSA) is 99.4 Å². The molecule has 1 aromatic heterocycles. The van der Waals surface area contributed by atoms with Crippen LogP contribution in [0.5, 0.6) is 0 Å². The number of esters is 1. The first-order chi connectivity index (χ1) is 17.5. The standard InChI is InChI=1S/C25H20Cl3N3O5S/c1-15-23(24(32)31(30(15)2)18-9-4-3-5-10-18)29-37(34,35)22-12-19(20(27)13-21(22)28)25(33)36-14-16-7-6-8-17(26)11-16/h3-13,29H,14H2,1-2H3. The lowest BCUT2D eigenvalue weighted by atomic mass is 10.2. The fraction of sp³-hybridized carbons (Fsp3) is 0.120. The number of aromatic nitrogens is 2. The monoisotopic (exact) mass is 579 g/mol. The number of anilines is 1. The van der Waals surface area contributed by atoms with Crippen molar-refractivity contribution in [3.63, 3.8) is 0 Å². The van der Waals surface area contributed by atoms with Crippen molar-refractivity contribution in [2.24, 2.45) is 7.05 Å². The lowest BCUT2D eigenvalue weighted by molar-refractivity contribution is 0.0472. The van der Waals surface area contributed by atoms with Crippen LogP contribution in [0.25, 0.3) is 5.69 Å². The number of nitrogens with one attached hydrogen (secondary N) is 1. The quantitative estimate of drug-likeness (QED) is 0.287. The third-order valence-electron chi connectivity index (χ3n) is 5.58. The number of rotatable bonds is 7. The summed E-state index contributed by atoms with van der Waals surface area (Å²) in [4.78, 5) is 25.4. The molecule has 4 aromatic rings. The fourth-order valence-electron chi connectivity index (χ4n) is 3.62. The summed E-state index contributed by atoms with van der Waals surface area (Å²) in [7, 11) is -2.78. The minimum atomic E-state index is -4.41. The first kappa shape index (κ1) is 26.8. The SMILES string of the molecule is Cc1c(NS(=O)(=O)c2cc(C(=O)OCc3cccc(Cl)c3)c(Cl)cc2Cl)c(=O)n(-c2ccccc2)n1C. The molecule has 3 aromatic carbocycles. The molecule has 0 bridgehead atoms. The summed E-state index contributed by atoms with van der Waals surface area (Å²) in [5.74, 6) is -0.861. The average molecular weight is 581 g/mol. The van der Waals surface area contributed by atoms with Crippen LogP contribution in [-0.2, 0) is 28.4 Å². The maximum atomic E-state index is 13.3. The van der Waals surface area contributed by atoms with E-state index in [-0.39, 0.29) is 27.9 Å². The smallest absolute Gasteiger partial charge is 0.340 e. The Labute approximate surface area is 228 Å². The van der Waals surface area contributed by atoms with Crippen molar-refractivity contribution in [3.05, 3.63) is 109 Å². The van der Waals surface area contributed by atoms with E-state index in [1.165, 1.54) is 9.36 Å². The molecule has 0 saturated carbocycles. The first-order valence-electron chi connectivity index (χ1n) is 10.8. The molecular weight excluding hydrogens is 561 g/mol. The van der Waals surface area contributed by atoms with E-state index in [0.717, 1.165) is 12.1 Å². The van der Waals surface area contributed by atoms with Gasteiger partial charge in [0.25, 0.3) is 15.6 Å². The van der Waals surface area contributed by atoms with Crippen LogP contribution in [0.1, 0.15) is 21.6 Å². The molecule has 0 amide bonds.